The van der Waals surface area contributed by atoms with Crippen molar-refractivity contribution in [2.75, 3.05) is 11.9 Å². The molecular formula is C13H14ClN5O. The zero-order valence-corrected chi connectivity index (χ0v) is 11.5. The molecule has 3 rings (SSSR count). The Bertz CT molecular complexity index is 636. The van der Waals surface area contributed by atoms with Gasteiger partial charge in [0.25, 0.3) is 0 Å². The van der Waals surface area contributed by atoms with Crippen molar-refractivity contribution in [3.63, 3.8) is 0 Å². The molecule has 1 heterocycles. The highest BCUT2D eigenvalue weighted by molar-refractivity contribution is 6.33. The first kappa shape index (κ1) is 13.1. The Labute approximate surface area is 120 Å². The smallest absolute Gasteiger partial charge is 0.231 e. The highest BCUT2D eigenvalue weighted by atomic mass is 35.5. The van der Waals surface area contributed by atoms with Gasteiger partial charge in [0.05, 0.1) is 16.1 Å². The fourth-order valence-electron chi connectivity index (χ4n) is 2.10. The number of aromatic nitrogens is 3. The molecule has 1 fully saturated rings. The lowest BCUT2D eigenvalue weighted by atomic mass is 10.1. The van der Waals surface area contributed by atoms with E-state index in [0.717, 1.165) is 12.8 Å². The molecule has 0 unspecified atom stereocenters. The number of amides is 1. The number of para-hydroxylation sites is 1. The maximum absolute atomic E-state index is 12.3. The summed E-state index contributed by atoms with van der Waals surface area (Å²) in [5.41, 5.74) is 6.47. The Morgan fingerprint density at radius 2 is 2.30 bits per heavy atom. The lowest BCUT2D eigenvalue weighted by Crippen LogP contribution is -2.31. The lowest BCUT2D eigenvalue weighted by molar-refractivity contribution is -0.120. The fraction of sp³-hybridized carbons (Fsp3) is 0.308. The predicted molar refractivity (Wildman–Crippen MR) is 75.7 cm³/mol. The molecule has 0 radical (unpaired) electrons. The molecule has 0 atom stereocenters. The quantitative estimate of drug-likeness (QED) is 0.896. The van der Waals surface area contributed by atoms with E-state index in [4.69, 9.17) is 17.3 Å². The van der Waals surface area contributed by atoms with Crippen molar-refractivity contribution in [3.05, 3.63) is 35.9 Å². The summed E-state index contributed by atoms with van der Waals surface area (Å²) < 4.78 is 1.53. The van der Waals surface area contributed by atoms with Gasteiger partial charge in [-0.2, -0.15) is 5.10 Å². The average molecular weight is 292 g/mol. The maximum atomic E-state index is 12.3. The third-order valence-electron chi connectivity index (χ3n) is 3.61. The van der Waals surface area contributed by atoms with E-state index in [2.05, 4.69) is 15.4 Å². The van der Waals surface area contributed by atoms with Crippen LogP contribution in [0.4, 0.5) is 5.69 Å². The number of nitrogens with zero attached hydrogens (tertiary/aromatic N) is 3. The van der Waals surface area contributed by atoms with E-state index in [9.17, 15) is 4.79 Å². The average Bonchev–Trinajstić information content (AvgIpc) is 3.07. The lowest BCUT2D eigenvalue weighted by Gasteiger charge is -2.16. The van der Waals surface area contributed by atoms with Gasteiger partial charge in [-0.05, 0) is 25.0 Å². The number of carbonyl (C=O) groups is 1. The van der Waals surface area contributed by atoms with Crippen LogP contribution in [0.1, 0.15) is 12.8 Å². The van der Waals surface area contributed by atoms with Gasteiger partial charge >= 0.3 is 0 Å². The number of halogens is 1. The summed E-state index contributed by atoms with van der Waals surface area (Å²) in [6.07, 6.45) is 4.60. The minimum atomic E-state index is -0.415. The zero-order valence-electron chi connectivity index (χ0n) is 10.7. The second kappa shape index (κ2) is 4.88. The van der Waals surface area contributed by atoms with E-state index in [-0.39, 0.29) is 5.91 Å². The van der Waals surface area contributed by atoms with Crippen LogP contribution in [-0.2, 0) is 4.79 Å². The van der Waals surface area contributed by atoms with Crippen LogP contribution in [0.5, 0.6) is 0 Å². The summed E-state index contributed by atoms with van der Waals surface area (Å²) in [6.45, 7) is 0.359. The van der Waals surface area contributed by atoms with E-state index < -0.39 is 5.41 Å². The van der Waals surface area contributed by atoms with Crippen molar-refractivity contribution in [3.8, 4) is 5.69 Å². The van der Waals surface area contributed by atoms with Crippen molar-refractivity contribution in [2.45, 2.75) is 12.8 Å². The van der Waals surface area contributed by atoms with Crippen LogP contribution in [0, 0.1) is 5.41 Å². The molecule has 1 aliphatic carbocycles. The molecule has 1 saturated carbocycles. The van der Waals surface area contributed by atoms with E-state index in [0.29, 0.717) is 22.9 Å². The number of benzene rings is 1. The largest absolute Gasteiger partial charge is 0.329 e. The van der Waals surface area contributed by atoms with Crippen molar-refractivity contribution in [2.24, 2.45) is 11.1 Å². The van der Waals surface area contributed by atoms with Gasteiger partial charge in [-0.3, -0.25) is 4.79 Å². The van der Waals surface area contributed by atoms with E-state index >= 15 is 0 Å². The maximum Gasteiger partial charge on any atom is 0.231 e. The molecule has 6 nitrogen and oxygen atoms in total. The second-order valence-electron chi connectivity index (χ2n) is 4.91. The summed E-state index contributed by atoms with van der Waals surface area (Å²) in [5.74, 6) is -0.0661. The summed E-state index contributed by atoms with van der Waals surface area (Å²) >= 11 is 6.20. The van der Waals surface area contributed by atoms with Gasteiger partial charge in [0.15, 0.2) is 0 Å². The number of hydrogen-bond donors (Lipinski definition) is 2. The van der Waals surface area contributed by atoms with E-state index in [1.165, 1.54) is 17.3 Å². The van der Waals surface area contributed by atoms with Gasteiger partial charge in [-0.15, -0.1) is 0 Å². The molecule has 0 spiro atoms. The van der Waals surface area contributed by atoms with Gasteiger partial charge in [0, 0.05) is 6.54 Å². The van der Waals surface area contributed by atoms with E-state index in [1.54, 1.807) is 18.2 Å². The standard InChI is InChI=1S/C13H14ClN5O/c14-9-2-1-3-10(11(9)19-8-16-7-17-19)18-12(20)13(6-15)4-5-13/h1-3,7-8H,4-6,15H2,(H,18,20). The molecule has 7 heteroatoms. The number of nitrogens with one attached hydrogen (secondary N) is 1. The van der Waals surface area contributed by atoms with Crippen LogP contribution >= 0.6 is 11.6 Å². The summed E-state index contributed by atoms with van der Waals surface area (Å²) in [4.78, 5) is 16.2. The van der Waals surface area contributed by atoms with Crippen LogP contribution in [0.15, 0.2) is 30.9 Å². The molecule has 2 aromatic rings. The molecule has 1 aromatic carbocycles. The van der Waals surface area contributed by atoms with Gasteiger partial charge in [-0.1, -0.05) is 17.7 Å². The summed E-state index contributed by atoms with van der Waals surface area (Å²) in [7, 11) is 0. The number of hydrogen-bond acceptors (Lipinski definition) is 4. The normalized spacial score (nSPS) is 15.9. The number of carbonyl (C=O) groups excluding carboxylic acids is 1. The molecule has 1 amide bonds. The molecule has 0 bridgehead atoms. The van der Waals surface area contributed by atoms with Crippen LogP contribution in [0.25, 0.3) is 5.69 Å². The van der Waals surface area contributed by atoms with Crippen molar-refractivity contribution in [1.29, 1.82) is 0 Å². The van der Waals surface area contributed by atoms with Crippen molar-refractivity contribution in [1.82, 2.24) is 14.8 Å². The first-order valence-electron chi connectivity index (χ1n) is 6.31. The highest BCUT2D eigenvalue weighted by Crippen LogP contribution is 2.45. The molecule has 104 valence electrons. The topological polar surface area (TPSA) is 85.8 Å². The van der Waals surface area contributed by atoms with Crippen LogP contribution in [0.2, 0.25) is 5.02 Å². The van der Waals surface area contributed by atoms with Crippen molar-refractivity contribution < 1.29 is 4.79 Å². The molecule has 1 aromatic heterocycles. The Morgan fingerprint density at radius 1 is 1.50 bits per heavy atom. The van der Waals surface area contributed by atoms with Gasteiger partial charge in [-0.25, -0.2) is 9.67 Å². The molecule has 3 N–H and O–H groups in total. The number of rotatable bonds is 4. The van der Waals surface area contributed by atoms with Gasteiger partial charge in [0.2, 0.25) is 5.91 Å². The predicted octanol–water partition coefficient (Wildman–Crippen LogP) is 1.60. The van der Waals surface area contributed by atoms with Gasteiger partial charge in [0.1, 0.15) is 18.3 Å². The molecular weight excluding hydrogens is 278 g/mol. The van der Waals surface area contributed by atoms with Crippen LogP contribution < -0.4 is 11.1 Å². The van der Waals surface area contributed by atoms with Crippen molar-refractivity contribution >= 4 is 23.2 Å². The first-order chi connectivity index (χ1) is 9.66. The Kier molecular flexibility index (Phi) is 3.19. The van der Waals surface area contributed by atoms with E-state index in [1.807, 2.05) is 0 Å². The van der Waals surface area contributed by atoms with Crippen LogP contribution in [-0.4, -0.2) is 27.2 Å². The third-order valence-corrected chi connectivity index (χ3v) is 3.91. The Morgan fingerprint density at radius 3 is 2.90 bits per heavy atom. The molecule has 0 aliphatic heterocycles. The van der Waals surface area contributed by atoms with Crippen LogP contribution in [0.3, 0.4) is 0 Å². The highest BCUT2D eigenvalue weighted by Gasteiger charge is 2.48. The summed E-state index contributed by atoms with van der Waals surface area (Å²) in [6, 6.07) is 5.30. The minimum Gasteiger partial charge on any atom is -0.329 e. The number of anilines is 1. The Hall–Kier alpha value is -1.92. The third kappa shape index (κ3) is 2.17. The SMILES string of the molecule is NCC1(C(=O)Nc2cccc(Cl)c2-n2cncn2)CC1. The fourth-order valence-corrected chi connectivity index (χ4v) is 2.36. The minimum absolute atomic E-state index is 0.0661. The summed E-state index contributed by atoms with van der Waals surface area (Å²) in [5, 5.41) is 7.45. The monoisotopic (exact) mass is 291 g/mol. The molecule has 0 saturated heterocycles. The second-order valence-corrected chi connectivity index (χ2v) is 5.32. The molecule has 20 heavy (non-hydrogen) atoms. The zero-order chi connectivity index (χ0) is 14.2. The number of nitrogens with two attached hydrogens (primary N) is 1. The first-order valence-corrected chi connectivity index (χ1v) is 6.69. The molecule has 1 aliphatic rings. The van der Waals surface area contributed by atoms with Gasteiger partial charge < -0.3 is 11.1 Å². The Balaban J connectivity index is 1.94.